The zero-order valence-electron chi connectivity index (χ0n) is 15.5. The molecule has 2 aromatic heterocycles. The van der Waals surface area contributed by atoms with E-state index in [1.807, 2.05) is 28.7 Å². The highest BCUT2D eigenvalue weighted by atomic mass is 127. The number of benzene rings is 1. The van der Waals surface area contributed by atoms with E-state index in [0.717, 1.165) is 3.57 Å². The molecule has 0 bridgehead atoms. The number of amides is 2. The van der Waals surface area contributed by atoms with Gasteiger partial charge in [0.2, 0.25) is 5.91 Å². The highest BCUT2D eigenvalue weighted by Crippen LogP contribution is 2.38. The Labute approximate surface area is 188 Å². The summed E-state index contributed by atoms with van der Waals surface area (Å²) in [6.45, 7) is 0.760. The number of ether oxygens (including phenoxy) is 1. The summed E-state index contributed by atoms with van der Waals surface area (Å²) < 4.78 is 20.8. The van der Waals surface area contributed by atoms with Gasteiger partial charge in [-0.3, -0.25) is 9.59 Å². The fraction of sp³-hybridized carbons (Fsp3) is 0.250. The molecule has 5 rings (SSSR count). The summed E-state index contributed by atoms with van der Waals surface area (Å²) in [6.07, 6.45) is 1.44. The van der Waals surface area contributed by atoms with Gasteiger partial charge in [0, 0.05) is 28.2 Å². The Morgan fingerprint density at radius 3 is 3.07 bits per heavy atom. The summed E-state index contributed by atoms with van der Waals surface area (Å²) in [5, 5.41) is 7.21. The molecule has 2 aliphatic rings. The molecule has 1 aromatic carbocycles. The van der Waals surface area contributed by atoms with Gasteiger partial charge in [0.1, 0.15) is 22.3 Å². The number of anilines is 2. The van der Waals surface area contributed by atoms with Crippen molar-refractivity contribution in [1.82, 2.24) is 15.2 Å². The molecule has 2 saturated heterocycles. The average molecular weight is 538 g/mol. The molecule has 154 valence electrons. The number of halogens is 2. The maximum atomic E-state index is 14.4. The summed E-state index contributed by atoms with van der Waals surface area (Å²) in [4.78, 5) is 31.8. The number of rotatable bonds is 3. The molecule has 2 atom stereocenters. The van der Waals surface area contributed by atoms with E-state index in [4.69, 9.17) is 4.74 Å². The van der Waals surface area contributed by atoms with Gasteiger partial charge in [-0.15, -0.1) is 0 Å². The van der Waals surface area contributed by atoms with Crippen LogP contribution < -0.4 is 10.6 Å². The molecule has 30 heavy (non-hydrogen) atoms. The second-order valence-electron chi connectivity index (χ2n) is 7.15. The van der Waals surface area contributed by atoms with Crippen molar-refractivity contribution in [2.24, 2.45) is 0 Å². The smallest absolute Gasteiger partial charge is 0.257 e. The number of hydrogen-bond acceptors (Lipinski definition) is 6. The van der Waals surface area contributed by atoms with Gasteiger partial charge in [-0.25, -0.2) is 9.37 Å². The molecular formula is C20H16FIN4O3S. The SMILES string of the molecule is O=C1CO[C@@H]2CN(C(=O)c3c(Nc4ccc(I)cc4F)sc4ncccc34)C[C@@H]2N1. The number of pyridine rings is 1. The zero-order chi connectivity index (χ0) is 20.8. The molecule has 4 heterocycles. The van der Waals surface area contributed by atoms with Crippen LogP contribution in [0.3, 0.4) is 0 Å². The number of carbonyl (C=O) groups is 2. The van der Waals surface area contributed by atoms with Crippen molar-refractivity contribution < 1.29 is 18.7 Å². The fourth-order valence-corrected chi connectivity index (χ4v) is 5.28. The van der Waals surface area contributed by atoms with Crippen LogP contribution in [0.15, 0.2) is 36.5 Å². The summed E-state index contributed by atoms with van der Waals surface area (Å²) in [5.41, 5.74) is 0.743. The molecule has 2 aliphatic heterocycles. The zero-order valence-corrected chi connectivity index (χ0v) is 18.5. The van der Waals surface area contributed by atoms with Gasteiger partial charge in [0.05, 0.1) is 23.4 Å². The van der Waals surface area contributed by atoms with Gasteiger partial charge in [0.15, 0.2) is 0 Å². The van der Waals surface area contributed by atoms with Crippen LogP contribution in [-0.2, 0) is 9.53 Å². The standard InChI is InChI=1S/C20H16FIN4O3S/c21-12-6-10(22)3-4-13(12)25-19-17(11-2-1-5-23-18(11)30-19)20(28)26-7-14-15(8-26)29-9-16(27)24-14/h1-6,14-15,25H,7-9H2,(H,24,27)/t14-,15+/m0/s1. The predicted octanol–water partition coefficient (Wildman–Crippen LogP) is 3.12. The van der Waals surface area contributed by atoms with Crippen LogP contribution in [0, 0.1) is 9.39 Å². The topological polar surface area (TPSA) is 83.6 Å². The van der Waals surface area contributed by atoms with Crippen molar-refractivity contribution in [1.29, 1.82) is 0 Å². The Bertz CT molecular complexity index is 1170. The van der Waals surface area contributed by atoms with Crippen molar-refractivity contribution in [2.75, 3.05) is 25.0 Å². The molecule has 0 radical (unpaired) electrons. The molecule has 0 aliphatic carbocycles. The van der Waals surface area contributed by atoms with Crippen LogP contribution in [0.5, 0.6) is 0 Å². The van der Waals surface area contributed by atoms with E-state index in [1.54, 1.807) is 29.3 Å². The average Bonchev–Trinajstić information content (AvgIpc) is 3.30. The van der Waals surface area contributed by atoms with Crippen LogP contribution in [0.4, 0.5) is 15.1 Å². The van der Waals surface area contributed by atoms with E-state index in [0.29, 0.717) is 39.6 Å². The third-order valence-corrected chi connectivity index (χ3v) is 6.89. The lowest BCUT2D eigenvalue weighted by atomic mass is 10.1. The predicted molar refractivity (Wildman–Crippen MR) is 120 cm³/mol. The van der Waals surface area contributed by atoms with Crippen molar-refractivity contribution in [3.63, 3.8) is 0 Å². The van der Waals surface area contributed by atoms with Crippen LogP contribution >= 0.6 is 33.9 Å². The second kappa shape index (κ2) is 7.75. The Morgan fingerprint density at radius 2 is 2.23 bits per heavy atom. The highest BCUT2D eigenvalue weighted by Gasteiger charge is 2.41. The maximum absolute atomic E-state index is 14.4. The number of hydrogen-bond donors (Lipinski definition) is 2. The molecule has 0 saturated carbocycles. The monoisotopic (exact) mass is 538 g/mol. The molecule has 0 spiro atoms. The van der Waals surface area contributed by atoms with Crippen LogP contribution in [-0.4, -0.2) is 53.5 Å². The van der Waals surface area contributed by atoms with Crippen LogP contribution in [0.2, 0.25) is 0 Å². The maximum Gasteiger partial charge on any atom is 0.257 e. The first kappa shape index (κ1) is 19.6. The van der Waals surface area contributed by atoms with E-state index in [2.05, 4.69) is 15.6 Å². The first-order valence-electron chi connectivity index (χ1n) is 9.29. The second-order valence-corrected chi connectivity index (χ2v) is 9.39. The summed E-state index contributed by atoms with van der Waals surface area (Å²) >= 11 is 3.35. The minimum atomic E-state index is -0.394. The van der Waals surface area contributed by atoms with Gasteiger partial charge in [-0.05, 0) is 52.9 Å². The number of thiophene rings is 1. The number of nitrogens with zero attached hydrogens (tertiary/aromatic N) is 2. The Morgan fingerprint density at radius 1 is 1.37 bits per heavy atom. The number of aromatic nitrogens is 1. The molecule has 2 amide bonds. The molecule has 0 unspecified atom stereocenters. The lowest BCUT2D eigenvalue weighted by molar-refractivity contribution is -0.134. The fourth-order valence-electron chi connectivity index (χ4n) is 3.78. The third-order valence-electron chi connectivity index (χ3n) is 5.19. The van der Waals surface area contributed by atoms with Crippen LogP contribution in [0.25, 0.3) is 10.2 Å². The highest BCUT2D eigenvalue weighted by molar-refractivity contribution is 14.1. The van der Waals surface area contributed by atoms with E-state index in [-0.39, 0.29) is 30.6 Å². The first-order chi connectivity index (χ1) is 14.5. The lowest BCUT2D eigenvalue weighted by Gasteiger charge is -2.24. The van der Waals surface area contributed by atoms with E-state index in [9.17, 15) is 14.0 Å². The lowest BCUT2D eigenvalue weighted by Crippen LogP contribution is -2.50. The van der Waals surface area contributed by atoms with Gasteiger partial charge in [0.25, 0.3) is 5.91 Å². The van der Waals surface area contributed by atoms with Crippen molar-refractivity contribution in [3.05, 3.63) is 51.5 Å². The Balaban J connectivity index is 1.51. The summed E-state index contributed by atoms with van der Waals surface area (Å²) in [7, 11) is 0. The van der Waals surface area contributed by atoms with Crippen molar-refractivity contribution in [3.8, 4) is 0 Å². The number of likely N-dealkylation sites (tertiary alicyclic amines) is 1. The van der Waals surface area contributed by atoms with Crippen molar-refractivity contribution in [2.45, 2.75) is 12.1 Å². The van der Waals surface area contributed by atoms with E-state index in [1.165, 1.54) is 17.4 Å². The quantitative estimate of drug-likeness (QED) is 0.501. The summed E-state index contributed by atoms with van der Waals surface area (Å²) in [5.74, 6) is -0.767. The van der Waals surface area contributed by atoms with E-state index >= 15 is 0 Å². The number of fused-ring (bicyclic) bond motifs is 2. The third kappa shape index (κ3) is 3.52. The largest absolute Gasteiger partial charge is 0.364 e. The van der Waals surface area contributed by atoms with Gasteiger partial charge in [-0.1, -0.05) is 11.3 Å². The Hall–Kier alpha value is -2.31. The van der Waals surface area contributed by atoms with Gasteiger partial charge >= 0.3 is 0 Å². The van der Waals surface area contributed by atoms with Gasteiger partial charge < -0.3 is 20.3 Å². The molecular weight excluding hydrogens is 522 g/mol. The molecule has 2 N–H and O–H groups in total. The minimum absolute atomic E-state index is 0.00733. The molecule has 2 fully saturated rings. The summed E-state index contributed by atoms with van der Waals surface area (Å²) in [6, 6.07) is 8.27. The normalized spacial score (nSPS) is 20.9. The number of carbonyl (C=O) groups excluding carboxylic acids is 2. The molecule has 7 nitrogen and oxygen atoms in total. The van der Waals surface area contributed by atoms with Crippen molar-refractivity contribution >= 4 is 66.6 Å². The number of nitrogens with one attached hydrogen (secondary N) is 2. The van der Waals surface area contributed by atoms with Crippen LogP contribution in [0.1, 0.15) is 10.4 Å². The molecule has 10 heteroatoms. The Kier molecular flexibility index (Phi) is 5.07. The number of morpholine rings is 1. The van der Waals surface area contributed by atoms with Gasteiger partial charge in [-0.2, -0.15) is 0 Å². The van der Waals surface area contributed by atoms with E-state index < -0.39 is 5.82 Å². The minimum Gasteiger partial charge on any atom is -0.364 e. The first-order valence-corrected chi connectivity index (χ1v) is 11.2. The molecule has 3 aromatic rings.